The van der Waals surface area contributed by atoms with Gasteiger partial charge in [0.05, 0.1) is 17.7 Å². The van der Waals surface area contributed by atoms with Crippen LogP contribution >= 0.6 is 0 Å². The number of aryl methyl sites for hydroxylation is 3. The van der Waals surface area contributed by atoms with E-state index in [0.29, 0.717) is 30.0 Å². The maximum atomic E-state index is 14.1. The number of benzene rings is 3. The van der Waals surface area contributed by atoms with Gasteiger partial charge >= 0.3 is 0 Å². The van der Waals surface area contributed by atoms with E-state index in [1.807, 2.05) is 58.9 Å². The first kappa shape index (κ1) is 30.7. The molecule has 3 aromatic carbocycles. The standard InChI is InChI=1S/C31H39N3O5S/c1-7-28(31(36)32-8-2)33(20-25-13-15-26(39-6)16-14-25)30(35)21-34(29-19-23(4)9-12-24(29)5)40(37,38)27-17-10-22(3)11-18-27/h9-19,28H,7-8,20-21H2,1-6H3,(H,32,36)/t28-/m0/s1. The Kier molecular flexibility index (Phi) is 10.3. The number of hydrogen-bond acceptors (Lipinski definition) is 5. The number of nitrogens with one attached hydrogen (secondary N) is 1. The van der Waals surface area contributed by atoms with Crippen molar-refractivity contribution < 1.29 is 22.7 Å². The number of carbonyl (C=O) groups is 2. The number of ether oxygens (including phenoxy) is 1. The normalized spacial score (nSPS) is 11.9. The van der Waals surface area contributed by atoms with Gasteiger partial charge in [-0.25, -0.2) is 8.42 Å². The number of carbonyl (C=O) groups excluding carboxylic acids is 2. The van der Waals surface area contributed by atoms with Gasteiger partial charge in [-0.3, -0.25) is 13.9 Å². The first-order chi connectivity index (χ1) is 19.0. The maximum absolute atomic E-state index is 14.1. The fourth-order valence-corrected chi connectivity index (χ4v) is 5.95. The highest BCUT2D eigenvalue weighted by Gasteiger charge is 2.34. The van der Waals surface area contributed by atoms with Gasteiger partial charge in [0.1, 0.15) is 18.3 Å². The molecular weight excluding hydrogens is 526 g/mol. The SMILES string of the molecule is CCNC(=O)[C@H](CC)N(Cc1ccc(OC)cc1)C(=O)CN(c1cc(C)ccc1C)S(=O)(=O)c1ccc(C)cc1. The highest BCUT2D eigenvalue weighted by Crippen LogP contribution is 2.29. The number of anilines is 1. The summed E-state index contributed by atoms with van der Waals surface area (Å²) in [6.45, 7) is 9.30. The first-order valence-corrected chi connectivity index (χ1v) is 14.8. The Morgan fingerprint density at radius 3 is 2.10 bits per heavy atom. The zero-order valence-electron chi connectivity index (χ0n) is 24.1. The molecule has 3 aromatic rings. The molecule has 0 heterocycles. The minimum absolute atomic E-state index is 0.0873. The van der Waals surface area contributed by atoms with Gasteiger partial charge in [-0.1, -0.05) is 48.9 Å². The molecule has 0 aliphatic carbocycles. The lowest BCUT2D eigenvalue weighted by molar-refractivity contribution is -0.140. The molecule has 0 aliphatic rings. The third kappa shape index (κ3) is 7.21. The van der Waals surface area contributed by atoms with Gasteiger partial charge in [0, 0.05) is 13.1 Å². The van der Waals surface area contributed by atoms with Crippen molar-refractivity contribution >= 4 is 27.5 Å². The summed E-state index contributed by atoms with van der Waals surface area (Å²) in [6.07, 6.45) is 0.363. The fraction of sp³-hybridized carbons (Fsp3) is 0.355. The summed E-state index contributed by atoms with van der Waals surface area (Å²) in [6, 6.07) is 18.5. The molecule has 2 amide bonds. The molecule has 0 bridgehead atoms. The van der Waals surface area contributed by atoms with Crippen LogP contribution in [-0.4, -0.2) is 51.4 Å². The lowest BCUT2D eigenvalue weighted by Crippen LogP contribution is -2.52. The molecule has 0 radical (unpaired) electrons. The molecular formula is C31H39N3O5S. The van der Waals surface area contributed by atoms with Gasteiger partial charge in [0.15, 0.2) is 0 Å². The molecule has 8 nitrogen and oxygen atoms in total. The number of hydrogen-bond donors (Lipinski definition) is 1. The Morgan fingerprint density at radius 2 is 1.52 bits per heavy atom. The minimum atomic E-state index is -4.11. The van der Waals surface area contributed by atoms with E-state index in [1.54, 1.807) is 49.6 Å². The topological polar surface area (TPSA) is 96.0 Å². The molecule has 40 heavy (non-hydrogen) atoms. The molecule has 1 N–H and O–H groups in total. The van der Waals surface area contributed by atoms with Crippen molar-refractivity contribution in [2.75, 3.05) is 24.5 Å². The van der Waals surface area contributed by atoms with Crippen LogP contribution in [0.4, 0.5) is 5.69 Å². The zero-order chi connectivity index (χ0) is 29.4. The number of rotatable bonds is 12. The van der Waals surface area contributed by atoms with Crippen LogP contribution < -0.4 is 14.4 Å². The van der Waals surface area contributed by atoms with E-state index in [4.69, 9.17) is 4.74 Å². The Hall–Kier alpha value is -3.85. The number of likely N-dealkylation sites (N-methyl/N-ethyl adjacent to an activating group) is 1. The molecule has 0 unspecified atom stereocenters. The molecule has 0 saturated heterocycles. The molecule has 9 heteroatoms. The van der Waals surface area contributed by atoms with Crippen LogP contribution in [0.1, 0.15) is 42.5 Å². The van der Waals surface area contributed by atoms with Gasteiger partial charge in [0.2, 0.25) is 11.8 Å². The number of nitrogens with zero attached hydrogens (tertiary/aromatic N) is 2. The molecule has 1 atom stereocenters. The molecule has 0 fully saturated rings. The predicted molar refractivity (Wildman–Crippen MR) is 158 cm³/mol. The number of methoxy groups -OCH3 is 1. The minimum Gasteiger partial charge on any atom is -0.497 e. The van der Waals surface area contributed by atoms with Crippen molar-refractivity contribution in [3.63, 3.8) is 0 Å². The second-order valence-electron chi connectivity index (χ2n) is 9.80. The van der Waals surface area contributed by atoms with Crippen molar-refractivity contribution in [1.82, 2.24) is 10.2 Å². The molecule has 0 spiro atoms. The Bertz CT molecular complexity index is 1420. The molecule has 214 valence electrons. The average molecular weight is 566 g/mol. The Morgan fingerprint density at radius 1 is 0.900 bits per heavy atom. The van der Waals surface area contributed by atoms with Crippen LogP contribution in [0.15, 0.2) is 71.6 Å². The van der Waals surface area contributed by atoms with E-state index in [9.17, 15) is 18.0 Å². The smallest absolute Gasteiger partial charge is 0.264 e. The first-order valence-electron chi connectivity index (χ1n) is 13.4. The highest BCUT2D eigenvalue weighted by atomic mass is 32.2. The van der Waals surface area contributed by atoms with E-state index >= 15 is 0 Å². The average Bonchev–Trinajstić information content (AvgIpc) is 2.93. The van der Waals surface area contributed by atoms with Gasteiger partial charge in [0.25, 0.3) is 10.0 Å². The van der Waals surface area contributed by atoms with Crippen LogP contribution in [0, 0.1) is 20.8 Å². The van der Waals surface area contributed by atoms with E-state index in [1.165, 1.54) is 4.90 Å². The van der Waals surface area contributed by atoms with Crippen LogP contribution in [0.2, 0.25) is 0 Å². The third-order valence-corrected chi connectivity index (χ3v) is 8.54. The van der Waals surface area contributed by atoms with Gasteiger partial charge in [-0.05, 0) is 81.1 Å². The van der Waals surface area contributed by atoms with Crippen molar-refractivity contribution in [2.24, 2.45) is 0 Å². The summed E-state index contributed by atoms with van der Waals surface area (Å²) in [5, 5.41) is 2.81. The van der Waals surface area contributed by atoms with Crippen molar-refractivity contribution in [1.29, 1.82) is 0 Å². The van der Waals surface area contributed by atoms with Crippen molar-refractivity contribution in [3.05, 3.63) is 89.0 Å². The second-order valence-corrected chi connectivity index (χ2v) is 11.7. The van der Waals surface area contributed by atoms with Gasteiger partial charge in [-0.2, -0.15) is 0 Å². The lowest BCUT2D eigenvalue weighted by atomic mass is 10.1. The summed E-state index contributed by atoms with van der Waals surface area (Å²) in [5.74, 6) is -0.0975. The summed E-state index contributed by atoms with van der Waals surface area (Å²) in [7, 11) is -2.54. The summed E-state index contributed by atoms with van der Waals surface area (Å²) >= 11 is 0. The molecule has 0 aromatic heterocycles. The monoisotopic (exact) mass is 565 g/mol. The third-order valence-electron chi connectivity index (χ3n) is 6.77. The largest absolute Gasteiger partial charge is 0.497 e. The number of amides is 2. The van der Waals surface area contributed by atoms with Crippen LogP contribution in [0.3, 0.4) is 0 Å². The van der Waals surface area contributed by atoms with Crippen molar-refractivity contribution in [3.8, 4) is 5.75 Å². The van der Waals surface area contributed by atoms with Crippen molar-refractivity contribution in [2.45, 2.75) is 58.5 Å². The van der Waals surface area contributed by atoms with E-state index < -0.39 is 28.5 Å². The molecule has 0 aliphatic heterocycles. The van der Waals surface area contributed by atoms with Crippen LogP contribution in [-0.2, 0) is 26.2 Å². The van der Waals surface area contributed by atoms with Crippen LogP contribution in [0.25, 0.3) is 0 Å². The quantitative estimate of drug-likeness (QED) is 0.342. The molecule has 3 rings (SSSR count). The van der Waals surface area contributed by atoms with E-state index in [-0.39, 0.29) is 17.3 Å². The summed E-state index contributed by atoms with van der Waals surface area (Å²) in [4.78, 5) is 28.7. The lowest BCUT2D eigenvalue weighted by Gasteiger charge is -2.33. The Labute approximate surface area is 238 Å². The molecule has 0 saturated carbocycles. The second kappa shape index (κ2) is 13.5. The van der Waals surface area contributed by atoms with Gasteiger partial charge < -0.3 is 15.0 Å². The van der Waals surface area contributed by atoms with Gasteiger partial charge in [-0.15, -0.1) is 0 Å². The number of sulfonamides is 1. The zero-order valence-corrected chi connectivity index (χ0v) is 24.9. The fourth-order valence-electron chi connectivity index (χ4n) is 4.48. The summed E-state index contributed by atoms with van der Waals surface area (Å²) in [5.41, 5.74) is 3.71. The Balaban J connectivity index is 2.09. The predicted octanol–water partition coefficient (Wildman–Crippen LogP) is 4.76. The maximum Gasteiger partial charge on any atom is 0.264 e. The van der Waals surface area contributed by atoms with E-state index in [0.717, 1.165) is 21.0 Å². The van der Waals surface area contributed by atoms with Crippen LogP contribution in [0.5, 0.6) is 5.75 Å². The summed E-state index contributed by atoms with van der Waals surface area (Å²) < 4.78 is 34.5. The highest BCUT2D eigenvalue weighted by molar-refractivity contribution is 7.92. The van der Waals surface area contributed by atoms with E-state index in [2.05, 4.69) is 5.32 Å².